The second-order valence-corrected chi connectivity index (χ2v) is 7.54. The molecule has 0 saturated heterocycles. The van der Waals surface area contributed by atoms with E-state index < -0.39 is 11.9 Å². The number of carboxylic acid groups (broad SMARTS) is 1. The van der Waals surface area contributed by atoms with Crippen LogP contribution in [-0.2, 0) is 9.59 Å². The van der Waals surface area contributed by atoms with E-state index in [1.807, 2.05) is 0 Å². The van der Waals surface area contributed by atoms with Gasteiger partial charge in [0.25, 0.3) is 0 Å². The van der Waals surface area contributed by atoms with Gasteiger partial charge in [-0.1, -0.05) is 17.7 Å². The highest BCUT2D eigenvalue weighted by Crippen LogP contribution is 2.38. The van der Waals surface area contributed by atoms with E-state index in [-0.39, 0.29) is 12.2 Å². The van der Waals surface area contributed by atoms with Crippen LogP contribution >= 0.6 is 11.6 Å². The first-order chi connectivity index (χ1) is 15.9. The van der Waals surface area contributed by atoms with E-state index in [2.05, 4.69) is 15.3 Å². The standard InChI is InChI=1S/C23H24ClN3O6/c1-14(28)33-20-11-15-18(12-19(20)31-2)25-13-26-23(15)27-17-8-6-7-16(24)22(17)32-10-5-3-4-9-21(29)30/h6-8,11-13H,3-5,9-10H2,1-2H3,(H,29,30)(H,25,26,27). The van der Waals surface area contributed by atoms with Crippen molar-refractivity contribution in [3.05, 3.63) is 41.7 Å². The van der Waals surface area contributed by atoms with E-state index in [9.17, 15) is 9.59 Å². The third-order valence-corrected chi connectivity index (χ3v) is 4.97. The zero-order valence-corrected chi connectivity index (χ0v) is 19.0. The van der Waals surface area contributed by atoms with Crippen LogP contribution in [0.3, 0.4) is 0 Å². The molecule has 9 nitrogen and oxygen atoms in total. The van der Waals surface area contributed by atoms with E-state index in [0.29, 0.717) is 58.4 Å². The lowest BCUT2D eigenvalue weighted by atomic mass is 10.2. The molecule has 0 saturated carbocycles. The SMILES string of the molecule is COc1cc2ncnc(Nc3cccc(Cl)c3OCCCCCC(=O)O)c2cc1OC(C)=O. The first kappa shape index (κ1) is 24.1. The highest BCUT2D eigenvalue weighted by atomic mass is 35.5. The Kier molecular flexibility index (Phi) is 8.26. The number of para-hydroxylation sites is 1. The summed E-state index contributed by atoms with van der Waals surface area (Å²) in [6, 6.07) is 8.59. The number of esters is 1. The Morgan fingerprint density at radius 3 is 2.67 bits per heavy atom. The molecule has 33 heavy (non-hydrogen) atoms. The minimum absolute atomic E-state index is 0.139. The van der Waals surface area contributed by atoms with Crippen LogP contribution in [-0.4, -0.2) is 40.7 Å². The third-order valence-electron chi connectivity index (χ3n) is 4.68. The van der Waals surface area contributed by atoms with Gasteiger partial charge in [0.1, 0.15) is 12.1 Å². The molecule has 2 aromatic carbocycles. The summed E-state index contributed by atoms with van der Waals surface area (Å²) in [4.78, 5) is 30.7. The van der Waals surface area contributed by atoms with E-state index in [4.69, 9.17) is 30.9 Å². The number of hydrogen-bond acceptors (Lipinski definition) is 8. The zero-order chi connectivity index (χ0) is 23.8. The lowest BCUT2D eigenvalue weighted by Crippen LogP contribution is -2.05. The smallest absolute Gasteiger partial charge is 0.308 e. The Morgan fingerprint density at radius 2 is 1.94 bits per heavy atom. The zero-order valence-electron chi connectivity index (χ0n) is 18.3. The monoisotopic (exact) mass is 473 g/mol. The van der Waals surface area contributed by atoms with E-state index in [1.165, 1.54) is 20.4 Å². The fourth-order valence-electron chi connectivity index (χ4n) is 3.17. The summed E-state index contributed by atoms with van der Waals surface area (Å²) in [6.45, 7) is 1.69. The van der Waals surface area contributed by atoms with Gasteiger partial charge < -0.3 is 24.6 Å². The van der Waals surface area contributed by atoms with Crippen molar-refractivity contribution in [2.24, 2.45) is 0 Å². The first-order valence-corrected chi connectivity index (χ1v) is 10.7. The number of aromatic nitrogens is 2. The van der Waals surface area contributed by atoms with Crippen molar-refractivity contribution in [2.45, 2.75) is 32.6 Å². The van der Waals surface area contributed by atoms with Gasteiger partial charge in [-0.15, -0.1) is 0 Å². The maximum atomic E-state index is 11.5. The molecule has 3 aromatic rings. The van der Waals surface area contributed by atoms with Gasteiger partial charge in [0.15, 0.2) is 17.2 Å². The summed E-state index contributed by atoms with van der Waals surface area (Å²) in [5.74, 6) is 0.256. The molecular formula is C23H24ClN3O6. The second kappa shape index (κ2) is 11.3. The Morgan fingerprint density at radius 1 is 1.12 bits per heavy atom. The molecule has 0 atom stereocenters. The lowest BCUT2D eigenvalue weighted by Gasteiger charge is -2.16. The lowest BCUT2D eigenvalue weighted by molar-refractivity contribution is -0.137. The second-order valence-electron chi connectivity index (χ2n) is 7.13. The molecule has 3 rings (SSSR count). The van der Waals surface area contributed by atoms with Crippen molar-refractivity contribution in [1.82, 2.24) is 9.97 Å². The van der Waals surface area contributed by atoms with Crippen LogP contribution in [0.1, 0.15) is 32.6 Å². The predicted octanol–water partition coefficient (Wildman–Crippen LogP) is 4.98. The normalized spacial score (nSPS) is 10.6. The van der Waals surface area contributed by atoms with Gasteiger partial charge in [0, 0.05) is 24.8 Å². The predicted molar refractivity (Wildman–Crippen MR) is 124 cm³/mol. The number of unbranched alkanes of at least 4 members (excludes halogenated alkanes) is 2. The number of carbonyl (C=O) groups is 2. The molecule has 0 aliphatic heterocycles. The maximum Gasteiger partial charge on any atom is 0.308 e. The van der Waals surface area contributed by atoms with E-state index in [0.717, 1.165) is 6.42 Å². The summed E-state index contributed by atoms with van der Waals surface area (Å²) in [6.07, 6.45) is 3.56. The third kappa shape index (κ3) is 6.45. The fourth-order valence-corrected chi connectivity index (χ4v) is 3.40. The van der Waals surface area contributed by atoms with E-state index >= 15 is 0 Å². The number of anilines is 2. The number of methoxy groups -OCH3 is 1. The van der Waals surface area contributed by atoms with Crippen LogP contribution in [0.15, 0.2) is 36.7 Å². The molecule has 1 heterocycles. The van der Waals surface area contributed by atoms with Crippen LogP contribution in [0.25, 0.3) is 10.9 Å². The molecule has 2 N–H and O–H groups in total. The highest BCUT2D eigenvalue weighted by Gasteiger charge is 2.15. The average Bonchev–Trinajstić information content (AvgIpc) is 2.77. The fraction of sp³-hybridized carbons (Fsp3) is 0.304. The molecule has 10 heteroatoms. The van der Waals surface area contributed by atoms with Crippen molar-refractivity contribution >= 4 is 45.9 Å². The molecule has 0 unspecified atom stereocenters. The number of nitrogens with zero attached hydrogens (tertiary/aromatic N) is 2. The Labute approximate surface area is 195 Å². The minimum atomic E-state index is -0.805. The molecule has 0 amide bonds. The molecule has 0 fully saturated rings. The van der Waals surface area contributed by atoms with Crippen molar-refractivity contribution in [3.63, 3.8) is 0 Å². The molecule has 174 valence electrons. The molecule has 0 aliphatic carbocycles. The summed E-state index contributed by atoms with van der Waals surface area (Å²) >= 11 is 6.37. The van der Waals surface area contributed by atoms with Gasteiger partial charge in [0.2, 0.25) is 0 Å². The number of nitrogens with one attached hydrogen (secondary N) is 1. The quantitative estimate of drug-likeness (QED) is 0.225. The van der Waals surface area contributed by atoms with Gasteiger partial charge in [-0.2, -0.15) is 0 Å². The number of ether oxygens (including phenoxy) is 3. The molecular weight excluding hydrogens is 450 g/mol. The van der Waals surface area contributed by atoms with Crippen LogP contribution < -0.4 is 19.5 Å². The highest BCUT2D eigenvalue weighted by molar-refractivity contribution is 6.32. The molecule has 0 aliphatic rings. The van der Waals surface area contributed by atoms with Crippen molar-refractivity contribution in [2.75, 3.05) is 19.0 Å². The first-order valence-electron chi connectivity index (χ1n) is 10.3. The number of rotatable bonds is 11. The number of benzene rings is 2. The summed E-state index contributed by atoms with van der Waals surface area (Å²) in [5, 5.41) is 13.0. The number of aliphatic carboxylic acids is 1. The van der Waals surface area contributed by atoms with Crippen LogP contribution in [0, 0.1) is 0 Å². The summed E-state index contributed by atoms with van der Waals surface area (Å²) in [5.41, 5.74) is 1.18. The number of halogens is 1. The van der Waals surface area contributed by atoms with Crippen LogP contribution in [0.4, 0.5) is 11.5 Å². The number of fused-ring (bicyclic) bond motifs is 1. The molecule has 0 bridgehead atoms. The molecule has 1 aromatic heterocycles. The summed E-state index contributed by atoms with van der Waals surface area (Å²) in [7, 11) is 1.48. The molecule has 0 radical (unpaired) electrons. The Balaban J connectivity index is 1.84. The average molecular weight is 474 g/mol. The largest absolute Gasteiger partial charge is 0.493 e. The number of carboxylic acids is 1. The van der Waals surface area contributed by atoms with Gasteiger partial charge in [-0.3, -0.25) is 9.59 Å². The Hall–Kier alpha value is -3.59. The minimum Gasteiger partial charge on any atom is -0.493 e. The van der Waals surface area contributed by atoms with Gasteiger partial charge in [0.05, 0.1) is 29.9 Å². The van der Waals surface area contributed by atoms with Crippen molar-refractivity contribution in [1.29, 1.82) is 0 Å². The van der Waals surface area contributed by atoms with Crippen molar-refractivity contribution in [3.8, 4) is 17.2 Å². The number of hydrogen-bond donors (Lipinski definition) is 2. The van der Waals surface area contributed by atoms with Crippen LogP contribution in [0.2, 0.25) is 5.02 Å². The summed E-state index contributed by atoms with van der Waals surface area (Å²) < 4.78 is 16.5. The van der Waals surface area contributed by atoms with Gasteiger partial charge in [-0.25, -0.2) is 9.97 Å². The van der Waals surface area contributed by atoms with Crippen LogP contribution in [0.5, 0.6) is 17.2 Å². The Bertz CT molecular complexity index is 1150. The maximum absolute atomic E-state index is 11.5. The van der Waals surface area contributed by atoms with Gasteiger partial charge >= 0.3 is 11.9 Å². The van der Waals surface area contributed by atoms with E-state index in [1.54, 1.807) is 30.3 Å². The number of carbonyl (C=O) groups excluding carboxylic acids is 1. The van der Waals surface area contributed by atoms with Crippen molar-refractivity contribution < 1.29 is 28.9 Å². The topological polar surface area (TPSA) is 120 Å². The molecule has 0 spiro atoms. The van der Waals surface area contributed by atoms with Gasteiger partial charge in [-0.05, 0) is 37.5 Å².